The van der Waals surface area contributed by atoms with E-state index in [2.05, 4.69) is 37.5 Å². The zero-order chi connectivity index (χ0) is 30.5. The third kappa shape index (κ3) is 8.77. The van der Waals surface area contributed by atoms with E-state index in [1.54, 1.807) is 20.3 Å². The molecule has 9 nitrogen and oxygen atoms in total. The lowest BCUT2D eigenvalue weighted by Crippen LogP contribution is -2.34. The molecule has 0 aromatic heterocycles. The maximum absolute atomic E-state index is 11.9. The molecule has 2 amide bonds. The number of halogens is 1. The van der Waals surface area contributed by atoms with Gasteiger partial charge in [-0.05, 0) is 96.6 Å². The molecule has 10 heteroatoms. The highest BCUT2D eigenvalue weighted by Crippen LogP contribution is 2.41. The summed E-state index contributed by atoms with van der Waals surface area (Å²) in [6.07, 6.45) is 2.56. The second-order valence-electron chi connectivity index (χ2n) is 12.0. The monoisotopic (exact) mass is 629 g/mol. The van der Waals surface area contributed by atoms with Gasteiger partial charge in [-0.1, -0.05) is 22.0 Å². The van der Waals surface area contributed by atoms with E-state index >= 15 is 0 Å². The molecule has 0 unspecified atom stereocenters. The molecule has 0 fully saturated rings. The van der Waals surface area contributed by atoms with Crippen LogP contribution < -0.4 is 20.1 Å². The van der Waals surface area contributed by atoms with Crippen molar-refractivity contribution >= 4 is 33.8 Å². The van der Waals surface area contributed by atoms with Crippen molar-refractivity contribution in [3.63, 3.8) is 0 Å². The number of rotatable bonds is 4. The normalized spacial score (nSPS) is 17.2. The van der Waals surface area contributed by atoms with E-state index in [4.69, 9.17) is 25.5 Å². The molecule has 0 spiro atoms. The first-order valence-corrected chi connectivity index (χ1v) is 14.4. The van der Waals surface area contributed by atoms with Gasteiger partial charge >= 0.3 is 12.2 Å². The van der Waals surface area contributed by atoms with Gasteiger partial charge in [-0.25, -0.2) is 14.4 Å². The van der Waals surface area contributed by atoms with Crippen molar-refractivity contribution in [1.82, 2.24) is 10.6 Å². The summed E-state index contributed by atoms with van der Waals surface area (Å²) in [5.74, 6) is 1.45. The Labute approximate surface area is 251 Å². The number of nitrogens with zero attached hydrogens (tertiary/aromatic N) is 1. The smallest absolute Gasteiger partial charge is 0.408 e. The minimum Gasteiger partial charge on any atom is -0.498 e. The van der Waals surface area contributed by atoms with E-state index in [0.717, 1.165) is 52.6 Å². The van der Waals surface area contributed by atoms with Crippen LogP contribution in [0.3, 0.4) is 0 Å². The van der Waals surface area contributed by atoms with E-state index in [0.29, 0.717) is 11.4 Å². The van der Waals surface area contributed by atoms with Gasteiger partial charge in [0.2, 0.25) is 0 Å². The Hall–Kier alpha value is -3.45. The molecule has 2 N–H and O–H groups in total. The molecule has 0 radical (unpaired) electrons. The summed E-state index contributed by atoms with van der Waals surface area (Å²) in [6.45, 7) is 18.2. The van der Waals surface area contributed by atoms with Crippen LogP contribution in [-0.4, -0.2) is 37.6 Å². The molecule has 4 rings (SSSR count). The summed E-state index contributed by atoms with van der Waals surface area (Å²) in [5.41, 5.74) is 3.82. The zero-order valence-corrected chi connectivity index (χ0v) is 26.7. The van der Waals surface area contributed by atoms with Crippen LogP contribution >= 0.6 is 15.9 Å². The number of hydrogen-bond acceptors (Lipinski definition) is 6. The predicted molar refractivity (Wildman–Crippen MR) is 161 cm³/mol. The van der Waals surface area contributed by atoms with Gasteiger partial charge in [-0.3, -0.25) is 0 Å². The van der Waals surface area contributed by atoms with Crippen molar-refractivity contribution in [2.75, 3.05) is 14.2 Å². The molecular formula is C31H40BrN3O6. The minimum atomic E-state index is -0.524. The van der Waals surface area contributed by atoms with Crippen molar-refractivity contribution in [2.45, 2.75) is 90.5 Å². The topological polar surface area (TPSA) is 99.5 Å². The highest BCUT2D eigenvalue weighted by atomic mass is 79.9. The van der Waals surface area contributed by atoms with Gasteiger partial charge in [0.15, 0.2) is 5.69 Å². The fourth-order valence-corrected chi connectivity index (χ4v) is 5.48. The number of carbonyl (C=O) groups excluding carboxylic acids is 2. The Kier molecular flexibility index (Phi) is 10.2. The molecular weight excluding hydrogens is 590 g/mol. The van der Waals surface area contributed by atoms with E-state index in [1.165, 1.54) is 5.56 Å². The van der Waals surface area contributed by atoms with E-state index in [9.17, 15) is 9.59 Å². The van der Waals surface area contributed by atoms with Gasteiger partial charge in [0.25, 0.3) is 0 Å². The molecule has 0 saturated carbocycles. The average molecular weight is 631 g/mol. The van der Waals surface area contributed by atoms with Crippen molar-refractivity contribution in [3.05, 3.63) is 62.4 Å². The van der Waals surface area contributed by atoms with E-state index in [1.807, 2.05) is 53.7 Å². The lowest BCUT2D eigenvalue weighted by Gasteiger charge is -2.23. The summed E-state index contributed by atoms with van der Waals surface area (Å²) in [5, 5.41) is 5.81. The summed E-state index contributed by atoms with van der Waals surface area (Å²) in [7, 11) is 3.22. The Morgan fingerprint density at radius 1 is 0.805 bits per heavy atom. The number of hydrogen-bond donors (Lipinski definition) is 2. The number of aryl methyl sites for hydroxylation is 2. The van der Waals surface area contributed by atoms with E-state index in [-0.39, 0.29) is 18.2 Å². The maximum Gasteiger partial charge on any atom is 0.408 e. The number of alkyl carbamates (subject to hydrolysis) is 2. The Morgan fingerprint density at radius 3 is 1.66 bits per heavy atom. The molecule has 222 valence electrons. The molecule has 2 aliphatic carbocycles. The first-order chi connectivity index (χ1) is 19.1. The second-order valence-corrected chi connectivity index (χ2v) is 12.9. The molecule has 0 aliphatic heterocycles. The molecule has 0 saturated heterocycles. The fraction of sp³-hybridized carbons (Fsp3) is 0.516. The lowest BCUT2D eigenvalue weighted by atomic mass is 10.1. The highest BCUT2D eigenvalue weighted by molar-refractivity contribution is 9.10. The van der Waals surface area contributed by atoms with Crippen molar-refractivity contribution in [3.8, 4) is 11.5 Å². The summed E-state index contributed by atoms with van der Waals surface area (Å²) in [6, 6.07) is 7.39. The summed E-state index contributed by atoms with van der Waals surface area (Å²) < 4.78 is 22.4. The predicted octanol–water partition coefficient (Wildman–Crippen LogP) is 7.73. The van der Waals surface area contributed by atoms with Crippen LogP contribution in [0, 0.1) is 6.57 Å². The number of ether oxygens (including phenoxy) is 4. The standard InChI is InChI=1S/C16H20N2O3.C15H20BrNO3/c1-16(2,3)21-15(19)18-12-7-6-10-8-11(17-4)9-13(20-5)14(10)12;1-15(2,3)20-14(18)17-11-6-5-9-7-10(16)8-12(19-4)13(9)11/h8-9,12H,6-7H2,1-3,5H3,(H,18,19);7-8,11H,5-6H2,1-4H3,(H,17,18)/t12-;11-/m11/s1. The van der Waals surface area contributed by atoms with Crippen LogP contribution in [0.1, 0.15) is 88.7 Å². The summed E-state index contributed by atoms with van der Waals surface area (Å²) >= 11 is 3.48. The van der Waals surface area contributed by atoms with Crippen LogP contribution in [0.2, 0.25) is 0 Å². The van der Waals surface area contributed by atoms with Gasteiger partial charge in [0.1, 0.15) is 22.7 Å². The van der Waals surface area contributed by atoms with Crippen molar-refractivity contribution in [2.24, 2.45) is 0 Å². The number of amides is 2. The van der Waals surface area contributed by atoms with Gasteiger partial charge in [0, 0.05) is 15.6 Å². The van der Waals surface area contributed by atoms with Crippen molar-refractivity contribution < 1.29 is 28.5 Å². The Balaban J connectivity index is 0.000000226. The molecule has 0 bridgehead atoms. The quantitative estimate of drug-likeness (QED) is 0.336. The van der Waals surface area contributed by atoms with Gasteiger partial charge in [0.05, 0.1) is 32.9 Å². The highest BCUT2D eigenvalue weighted by Gasteiger charge is 2.31. The first-order valence-electron chi connectivity index (χ1n) is 13.6. The molecule has 0 heterocycles. The molecule has 2 atom stereocenters. The van der Waals surface area contributed by atoms with Crippen LogP contribution in [0.4, 0.5) is 15.3 Å². The largest absolute Gasteiger partial charge is 0.498 e. The van der Waals surface area contributed by atoms with Gasteiger partial charge < -0.3 is 29.6 Å². The zero-order valence-electron chi connectivity index (χ0n) is 25.1. The molecule has 41 heavy (non-hydrogen) atoms. The van der Waals surface area contributed by atoms with Crippen molar-refractivity contribution in [1.29, 1.82) is 0 Å². The number of carbonyl (C=O) groups is 2. The number of nitrogens with one attached hydrogen (secondary N) is 2. The third-order valence-electron chi connectivity index (χ3n) is 6.46. The molecule has 2 aliphatic rings. The number of methoxy groups -OCH3 is 2. The fourth-order valence-electron chi connectivity index (χ4n) is 5.00. The van der Waals surface area contributed by atoms with Crippen LogP contribution in [0.5, 0.6) is 11.5 Å². The van der Waals surface area contributed by atoms with Gasteiger partial charge in [-0.2, -0.15) is 0 Å². The number of benzene rings is 2. The van der Waals surface area contributed by atoms with Gasteiger partial charge in [-0.15, -0.1) is 0 Å². The summed E-state index contributed by atoms with van der Waals surface area (Å²) in [4.78, 5) is 27.3. The minimum absolute atomic E-state index is 0.0529. The van der Waals surface area contributed by atoms with Crippen LogP contribution in [-0.2, 0) is 22.3 Å². The SMILES string of the molecule is COc1cc(Br)cc2c1[C@H](NC(=O)OC(C)(C)C)CC2.[C-]#[N+]c1cc2c(c(OC)c1)[C@H](NC(=O)OC(C)(C)C)CC2. The molecule has 2 aromatic rings. The third-order valence-corrected chi connectivity index (χ3v) is 6.92. The number of fused-ring (bicyclic) bond motifs is 2. The van der Waals surface area contributed by atoms with E-state index < -0.39 is 17.3 Å². The Bertz CT molecular complexity index is 1320. The van der Waals surface area contributed by atoms with Crippen LogP contribution in [0.15, 0.2) is 28.7 Å². The first kappa shape index (κ1) is 32.1. The second kappa shape index (κ2) is 13.0. The molecule has 2 aromatic carbocycles. The maximum atomic E-state index is 11.9. The lowest BCUT2D eigenvalue weighted by molar-refractivity contribution is 0.0491. The van der Waals surface area contributed by atoms with Crippen LogP contribution in [0.25, 0.3) is 4.85 Å². The Morgan fingerprint density at radius 2 is 1.24 bits per heavy atom. The average Bonchev–Trinajstić information content (AvgIpc) is 3.44.